The number of methoxy groups -OCH3 is 3. The van der Waals surface area contributed by atoms with Crippen molar-refractivity contribution < 1.29 is 19.0 Å². The van der Waals surface area contributed by atoms with E-state index in [1.165, 1.54) is 6.08 Å². The molecule has 0 aliphatic rings. The maximum atomic E-state index is 11.3. The normalized spacial score (nSPS) is 10.4. The van der Waals surface area contributed by atoms with Crippen LogP contribution in [0.5, 0.6) is 17.2 Å². The number of ether oxygens (including phenoxy) is 3. The Labute approximate surface area is 107 Å². The van der Waals surface area contributed by atoms with Gasteiger partial charge < -0.3 is 14.2 Å². The molecule has 98 valence electrons. The average molecular weight is 250 g/mol. The van der Waals surface area contributed by atoms with E-state index in [0.29, 0.717) is 23.7 Å². The summed E-state index contributed by atoms with van der Waals surface area (Å²) in [6, 6.07) is 3.50. The fourth-order valence-electron chi connectivity index (χ4n) is 1.49. The van der Waals surface area contributed by atoms with Crippen LogP contribution in [-0.2, 0) is 4.79 Å². The molecule has 0 saturated carbocycles. The molecule has 0 heterocycles. The molecule has 0 saturated heterocycles. The van der Waals surface area contributed by atoms with Crippen LogP contribution in [0.1, 0.15) is 18.9 Å². The fraction of sp³-hybridized carbons (Fsp3) is 0.357. The van der Waals surface area contributed by atoms with Crippen molar-refractivity contribution in [1.29, 1.82) is 0 Å². The molecule has 0 unspecified atom stereocenters. The van der Waals surface area contributed by atoms with Gasteiger partial charge in [0.2, 0.25) is 0 Å². The number of allylic oxidation sites excluding steroid dienone is 1. The summed E-state index contributed by atoms with van der Waals surface area (Å²) in [6.07, 6.45) is 3.69. The van der Waals surface area contributed by atoms with Crippen molar-refractivity contribution in [2.75, 3.05) is 21.3 Å². The molecule has 0 aliphatic carbocycles. The van der Waals surface area contributed by atoms with Crippen molar-refractivity contribution in [3.8, 4) is 17.2 Å². The van der Waals surface area contributed by atoms with Crippen molar-refractivity contribution in [2.24, 2.45) is 0 Å². The van der Waals surface area contributed by atoms with Gasteiger partial charge in [0.05, 0.1) is 26.9 Å². The quantitative estimate of drug-likeness (QED) is 0.728. The minimum absolute atomic E-state index is 0.0509. The highest BCUT2D eigenvalue weighted by Gasteiger charge is 2.10. The number of hydrogen-bond donors (Lipinski definition) is 0. The van der Waals surface area contributed by atoms with Crippen LogP contribution < -0.4 is 14.2 Å². The number of carbonyl (C=O) groups is 1. The van der Waals surface area contributed by atoms with Gasteiger partial charge in [-0.15, -0.1) is 0 Å². The average Bonchev–Trinajstić information content (AvgIpc) is 2.43. The predicted molar refractivity (Wildman–Crippen MR) is 70.4 cm³/mol. The van der Waals surface area contributed by atoms with Crippen molar-refractivity contribution >= 4 is 11.9 Å². The molecule has 0 radical (unpaired) electrons. The summed E-state index contributed by atoms with van der Waals surface area (Å²) in [5, 5.41) is 0. The standard InChI is InChI=1S/C14H18O4/c1-5-10(15)6-7-12-13(17-3)8-11(16-2)9-14(12)18-4/h6-9H,5H2,1-4H3/b7-6+. The van der Waals surface area contributed by atoms with Crippen LogP contribution in [0.4, 0.5) is 0 Å². The zero-order valence-electron chi connectivity index (χ0n) is 11.1. The van der Waals surface area contributed by atoms with Crippen LogP contribution in [0.15, 0.2) is 18.2 Å². The van der Waals surface area contributed by atoms with E-state index in [1.807, 2.05) is 6.92 Å². The van der Waals surface area contributed by atoms with Crippen molar-refractivity contribution in [3.63, 3.8) is 0 Å². The summed E-state index contributed by atoms with van der Waals surface area (Å²) in [5.74, 6) is 1.90. The van der Waals surface area contributed by atoms with Gasteiger partial charge >= 0.3 is 0 Å². The van der Waals surface area contributed by atoms with Gasteiger partial charge in [0, 0.05) is 18.6 Å². The minimum atomic E-state index is 0.0509. The van der Waals surface area contributed by atoms with Gasteiger partial charge in [-0.3, -0.25) is 4.79 Å². The van der Waals surface area contributed by atoms with Crippen molar-refractivity contribution in [1.82, 2.24) is 0 Å². The summed E-state index contributed by atoms with van der Waals surface area (Å²) in [4.78, 5) is 11.3. The molecule has 1 aromatic rings. The number of carbonyl (C=O) groups excluding carboxylic acids is 1. The Morgan fingerprint density at radius 2 is 1.67 bits per heavy atom. The zero-order valence-corrected chi connectivity index (χ0v) is 11.1. The molecule has 0 aromatic heterocycles. The van der Waals surface area contributed by atoms with Crippen molar-refractivity contribution in [2.45, 2.75) is 13.3 Å². The van der Waals surface area contributed by atoms with E-state index in [4.69, 9.17) is 14.2 Å². The fourth-order valence-corrected chi connectivity index (χ4v) is 1.49. The lowest BCUT2D eigenvalue weighted by molar-refractivity contribution is -0.114. The summed E-state index contributed by atoms with van der Waals surface area (Å²) in [6.45, 7) is 1.81. The SMILES string of the molecule is CCC(=O)/C=C/c1c(OC)cc(OC)cc1OC. The Hall–Kier alpha value is -1.97. The molecule has 4 nitrogen and oxygen atoms in total. The highest BCUT2D eigenvalue weighted by molar-refractivity contribution is 5.94. The lowest BCUT2D eigenvalue weighted by atomic mass is 10.1. The summed E-state index contributed by atoms with van der Waals surface area (Å²) in [5.41, 5.74) is 0.725. The topological polar surface area (TPSA) is 44.8 Å². The molecule has 18 heavy (non-hydrogen) atoms. The molecule has 0 amide bonds. The molecule has 0 atom stereocenters. The van der Waals surface area contributed by atoms with Gasteiger partial charge in [0.1, 0.15) is 17.2 Å². The third-order valence-corrected chi connectivity index (χ3v) is 2.54. The number of benzene rings is 1. The number of hydrogen-bond acceptors (Lipinski definition) is 4. The smallest absolute Gasteiger partial charge is 0.155 e. The third kappa shape index (κ3) is 3.26. The lowest BCUT2D eigenvalue weighted by Gasteiger charge is -2.12. The Morgan fingerprint density at radius 1 is 1.11 bits per heavy atom. The molecule has 0 N–H and O–H groups in total. The van der Waals surface area contributed by atoms with Gasteiger partial charge in [-0.2, -0.15) is 0 Å². The second-order valence-corrected chi connectivity index (χ2v) is 3.60. The largest absolute Gasteiger partial charge is 0.496 e. The highest BCUT2D eigenvalue weighted by atomic mass is 16.5. The molecule has 1 rings (SSSR count). The van der Waals surface area contributed by atoms with Gasteiger partial charge in [-0.05, 0) is 12.2 Å². The van der Waals surface area contributed by atoms with E-state index in [1.54, 1.807) is 39.5 Å². The first-order chi connectivity index (χ1) is 8.65. The van der Waals surface area contributed by atoms with Crippen LogP contribution in [0, 0.1) is 0 Å². The summed E-state index contributed by atoms with van der Waals surface area (Å²) in [7, 11) is 4.70. The summed E-state index contributed by atoms with van der Waals surface area (Å²) >= 11 is 0. The van der Waals surface area contributed by atoms with Crippen molar-refractivity contribution in [3.05, 3.63) is 23.8 Å². The summed E-state index contributed by atoms with van der Waals surface area (Å²) < 4.78 is 15.7. The van der Waals surface area contributed by atoms with E-state index >= 15 is 0 Å². The molecule has 1 aromatic carbocycles. The van der Waals surface area contributed by atoms with Gasteiger partial charge in [-0.25, -0.2) is 0 Å². The zero-order chi connectivity index (χ0) is 13.5. The first-order valence-electron chi connectivity index (χ1n) is 5.67. The number of ketones is 1. The molecular weight excluding hydrogens is 232 g/mol. The maximum absolute atomic E-state index is 11.3. The van der Waals surface area contributed by atoms with E-state index < -0.39 is 0 Å². The third-order valence-electron chi connectivity index (χ3n) is 2.54. The Morgan fingerprint density at radius 3 is 2.06 bits per heavy atom. The first-order valence-corrected chi connectivity index (χ1v) is 5.67. The highest BCUT2D eigenvalue weighted by Crippen LogP contribution is 2.34. The molecule has 4 heteroatoms. The second-order valence-electron chi connectivity index (χ2n) is 3.60. The van der Waals surface area contributed by atoms with E-state index in [-0.39, 0.29) is 5.78 Å². The Bertz CT molecular complexity index is 424. The number of rotatable bonds is 6. The van der Waals surface area contributed by atoms with E-state index in [0.717, 1.165) is 5.56 Å². The molecule has 0 aliphatic heterocycles. The van der Waals surface area contributed by atoms with E-state index in [9.17, 15) is 4.79 Å². The van der Waals surface area contributed by atoms with Gasteiger partial charge in [0.15, 0.2) is 5.78 Å². The Kier molecular flexibility index (Phi) is 5.24. The maximum Gasteiger partial charge on any atom is 0.155 e. The van der Waals surface area contributed by atoms with Crippen LogP contribution in [0.2, 0.25) is 0 Å². The minimum Gasteiger partial charge on any atom is -0.496 e. The van der Waals surface area contributed by atoms with Crippen LogP contribution >= 0.6 is 0 Å². The second kappa shape index (κ2) is 6.69. The molecule has 0 spiro atoms. The van der Waals surface area contributed by atoms with Crippen LogP contribution in [0.3, 0.4) is 0 Å². The Balaban J connectivity index is 3.22. The van der Waals surface area contributed by atoms with Crippen LogP contribution in [-0.4, -0.2) is 27.1 Å². The van der Waals surface area contributed by atoms with Crippen LogP contribution in [0.25, 0.3) is 6.08 Å². The lowest BCUT2D eigenvalue weighted by Crippen LogP contribution is -1.95. The molecule has 0 fully saturated rings. The molecular formula is C14H18O4. The van der Waals surface area contributed by atoms with Gasteiger partial charge in [-0.1, -0.05) is 6.92 Å². The van der Waals surface area contributed by atoms with Gasteiger partial charge in [0.25, 0.3) is 0 Å². The first kappa shape index (κ1) is 14.1. The van der Waals surface area contributed by atoms with E-state index in [2.05, 4.69) is 0 Å². The monoisotopic (exact) mass is 250 g/mol. The molecule has 0 bridgehead atoms. The predicted octanol–water partition coefficient (Wildman–Crippen LogP) is 2.70.